The first-order valence-electron chi connectivity index (χ1n) is 6.70. The number of nitrogens with two attached hydrogens (primary N) is 1. The van der Waals surface area contributed by atoms with Gasteiger partial charge in [-0.15, -0.1) is 0 Å². The van der Waals surface area contributed by atoms with Gasteiger partial charge < -0.3 is 20.9 Å². The first kappa shape index (κ1) is 17.5. The van der Waals surface area contributed by atoms with Crippen molar-refractivity contribution in [2.75, 3.05) is 5.73 Å². The molecule has 0 saturated carbocycles. The van der Waals surface area contributed by atoms with Crippen molar-refractivity contribution in [1.82, 2.24) is 5.32 Å². The number of hydrogen-bond donors (Lipinski definition) is 3. The lowest BCUT2D eigenvalue weighted by Gasteiger charge is -2.21. The first-order chi connectivity index (χ1) is 10.1. The average molecular weight is 308 g/mol. The van der Waals surface area contributed by atoms with E-state index in [1.165, 1.54) is 6.07 Å². The second-order valence-corrected chi connectivity index (χ2v) is 5.75. The number of para-hydroxylation sites is 1. The van der Waals surface area contributed by atoms with E-state index in [0.29, 0.717) is 0 Å². The summed E-state index contributed by atoms with van der Waals surface area (Å²) in [4.78, 5) is 34.9. The molecule has 4 N–H and O–H groups in total. The van der Waals surface area contributed by atoms with Crippen LogP contribution in [0, 0.1) is 0 Å². The van der Waals surface area contributed by atoms with E-state index in [9.17, 15) is 14.4 Å². The Hall–Kier alpha value is -2.57. The quantitative estimate of drug-likeness (QED) is 0.564. The highest BCUT2D eigenvalue weighted by Gasteiger charge is 2.27. The largest absolute Gasteiger partial charge is 0.480 e. The van der Waals surface area contributed by atoms with Crippen molar-refractivity contribution in [3.63, 3.8) is 0 Å². The van der Waals surface area contributed by atoms with Gasteiger partial charge in [-0.25, -0.2) is 9.59 Å². The third-order valence-corrected chi connectivity index (χ3v) is 2.64. The number of nitrogen functional groups attached to an aromatic ring is 1. The van der Waals surface area contributed by atoms with Crippen LogP contribution in [-0.4, -0.2) is 34.6 Å². The Balaban J connectivity index is 2.77. The Morgan fingerprint density at radius 1 is 1.27 bits per heavy atom. The molecule has 22 heavy (non-hydrogen) atoms. The monoisotopic (exact) mass is 308 g/mol. The summed E-state index contributed by atoms with van der Waals surface area (Å²) in [6, 6.07) is 4.95. The molecule has 0 radical (unpaired) electrons. The van der Waals surface area contributed by atoms with E-state index in [-0.39, 0.29) is 11.3 Å². The van der Waals surface area contributed by atoms with E-state index < -0.39 is 35.9 Å². The zero-order valence-electron chi connectivity index (χ0n) is 12.8. The third-order valence-electron chi connectivity index (χ3n) is 2.64. The van der Waals surface area contributed by atoms with Crippen LogP contribution in [0.5, 0.6) is 0 Å². The van der Waals surface area contributed by atoms with Crippen molar-refractivity contribution < 1.29 is 24.2 Å². The molecule has 0 unspecified atom stereocenters. The van der Waals surface area contributed by atoms with Crippen LogP contribution in [0.3, 0.4) is 0 Å². The minimum Gasteiger partial charge on any atom is -0.480 e. The van der Waals surface area contributed by atoms with E-state index in [0.717, 1.165) is 0 Å². The Bertz CT molecular complexity index is 578. The van der Waals surface area contributed by atoms with Gasteiger partial charge in [-0.3, -0.25) is 4.79 Å². The predicted molar refractivity (Wildman–Crippen MR) is 80.6 cm³/mol. The maximum Gasteiger partial charge on any atom is 0.408 e. The van der Waals surface area contributed by atoms with Gasteiger partial charge in [0.1, 0.15) is 11.6 Å². The van der Waals surface area contributed by atoms with Gasteiger partial charge in [0.25, 0.3) is 0 Å². The lowest BCUT2D eigenvalue weighted by Crippen LogP contribution is -2.44. The lowest BCUT2D eigenvalue weighted by atomic mass is 10.0. The van der Waals surface area contributed by atoms with E-state index >= 15 is 0 Å². The highest BCUT2D eigenvalue weighted by molar-refractivity contribution is 6.03. The molecule has 1 aromatic carbocycles. The molecule has 120 valence electrons. The Morgan fingerprint density at radius 2 is 1.86 bits per heavy atom. The van der Waals surface area contributed by atoms with Crippen LogP contribution in [0.4, 0.5) is 10.5 Å². The normalized spacial score (nSPS) is 12.3. The SMILES string of the molecule is CC(C)(C)OC(=O)N[C@@H](CC(=O)c1ccccc1N)C(=O)O. The number of alkyl carbamates (subject to hydrolysis) is 1. The Morgan fingerprint density at radius 3 is 2.36 bits per heavy atom. The molecule has 0 saturated heterocycles. The summed E-state index contributed by atoms with van der Waals surface area (Å²) in [5, 5.41) is 11.3. The molecule has 7 heteroatoms. The summed E-state index contributed by atoms with van der Waals surface area (Å²) in [6.07, 6.45) is -1.31. The van der Waals surface area contributed by atoms with E-state index in [4.69, 9.17) is 15.6 Å². The predicted octanol–water partition coefficient (Wildman–Crippen LogP) is 1.82. The molecule has 7 nitrogen and oxygen atoms in total. The van der Waals surface area contributed by atoms with Crippen LogP contribution in [0.1, 0.15) is 37.6 Å². The number of carbonyl (C=O) groups excluding carboxylic acids is 2. The van der Waals surface area contributed by atoms with Crippen LogP contribution in [0.25, 0.3) is 0 Å². The van der Waals surface area contributed by atoms with Crippen molar-refractivity contribution in [3.05, 3.63) is 29.8 Å². The van der Waals surface area contributed by atoms with Gasteiger partial charge in [0.15, 0.2) is 5.78 Å². The van der Waals surface area contributed by atoms with Gasteiger partial charge >= 0.3 is 12.1 Å². The lowest BCUT2D eigenvalue weighted by molar-refractivity contribution is -0.139. The number of carboxylic acids is 1. The number of hydrogen-bond acceptors (Lipinski definition) is 5. The zero-order chi connectivity index (χ0) is 16.9. The highest BCUT2D eigenvalue weighted by atomic mass is 16.6. The van der Waals surface area contributed by atoms with Crippen LogP contribution in [0.2, 0.25) is 0 Å². The molecular formula is C15H20N2O5. The van der Waals surface area contributed by atoms with Crippen molar-refractivity contribution in [3.8, 4) is 0 Å². The summed E-state index contributed by atoms with van der Waals surface area (Å²) in [6.45, 7) is 4.95. The minimum absolute atomic E-state index is 0.222. The number of amides is 1. The maximum atomic E-state index is 12.1. The number of ether oxygens (including phenoxy) is 1. The summed E-state index contributed by atoms with van der Waals surface area (Å²) >= 11 is 0. The summed E-state index contributed by atoms with van der Waals surface area (Å²) in [5.74, 6) is -1.80. The van der Waals surface area contributed by atoms with Gasteiger partial charge in [0, 0.05) is 17.7 Å². The zero-order valence-corrected chi connectivity index (χ0v) is 12.8. The number of ketones is 1. The molecule has 1 amide bonds. The van der Waals surface area contributed by atoms with Crippen molar-refractivity contribution in [2.24, 2.45) is 0 Å². The number of rotatable bonds is 5. The molecule has 0 bridgehead atoms. The van der Waals surface area contributed by atoms with Crippen LogP contribution in [-0.2, 0) is 9.53 Å². The Labute approximate surface area is 128 Å². The number of nitrogens with one attached hydrogen (secondary N) is 1. The van der Waals surface area contributed by atoms with E-state index in [1.807, 2.05) is 0 Å². The van der Waals surface area contributed by atoms with Crippen LogP contribution < -0.4 is 11.1 Å². The summed E-state index contributed by atoms with van der Waals surface area (Å²) in [7, 11) is 0. The third kappa shape index (κ3) is 5.43. The average Bonchev–Trinajstić information content (AvgIpc) is 2.35. The molecule has 0 aliphatic heterocycles. The van der Waals surface area contributed by atoms with Crippen molar-refractivity contribution >= 4 is 23.5 Å². The molecule has 0 aliphatic rings. The smallest absolute Gasteiger partial charge is 0.408 e. The molecule has 0 heterocycles. The molecule has 0 aromatic heterocycles. The van der Waals surface area contributed by atoms with Gasteiger partial charge in [-0.05, 0) is 32.9 Å². The highest BCUT2D eigenvalue weighted by Crippen LogP contribution is 2.14. The molecular weight excluding hydrogens is 288 g/mol. The topological polar surface area (TPSA) is 119 Å². The minimum atomic E-state index is -1.39. The van der Waals surface area contributed by atoms with Crippen molar-refractivity contribution in [1.29, 1.82) is 0 Å². The second-order valence-electron chi connectivity index (χ2n) is 5.75. The number of Topliss-reactive ketones (excluding diaryl/α,β-unsaturated/α-hetero) is 1. The molecule has 0 spiro atoms. The van der Waals surface area contributed by atoms with Gasteiger partial charge in [0.2, 0.25) is 0 Å². The first-order valence-corrected chi connectivity index (χ1v) is 6.70. The summed E-state index contributed by atoms with van der Waals surface area (Å²) < 4.78 is 4.98. The standard InChI is InChI=1S/C15H20N2O5/c1-15(2,3)22-14(21)17-11(13(19)20)8-12(18)9-6-4-5-7-10(9)16/h4-7,11H,8,16H2,1-3H3,(H,17,21)(H,19,20)/t11-/m0/s1. The Kier molecular flexibility index (Phi) is 5.50. The maximum absolute atomic E-state index is 12.1. The fraction of sp³-hybridized carbons (Fsp3) is 0.400. The molecule has 1 rings (SSSR count). The number of aliphatic carboxylic acids is 1. The summed E-state index contributed by atoms with van der Waals surface area (Å²) in [5.41, 5.74) is 5.39. The van der Waals surface area contributed by atoms with Crippen LogP contribution >= 0.6 is 0 Å². The van der Waals surface area contributed by atoms with Crippen LogP contribution in [0.15, 0.2) is 24.3 Å². The fourth-order valence-corrected chi connectivity index (χ4v) is 1.70. The fourth-order valence-electron chi connectivity index (χ4n) is 1.70. The van der Waals surface area contributed by atoms with Gasteiger partial charge in [-0.1, -0.05) is 12.1 Å². The molecule has 0 aliphatic carbocycles. The molecule has 1 aromatic rings. The van der Waals surface area contributed by atoms with Gasteiger partial charge in [-0.2, -0.15) is 0 Å². The number of carbonyl (C=O) groups is 3. The van der Waals surface area contributed by atoms with Gasteiger partial charge in [0.05, 0.1) is 0 Å². The molecule has 0 fully saturated rings. The number of anilines is 1. The number of carboxylic acid groups (broad SMARTS) is 1. The van der Waals surface area contributed by atoms with E-state index in [2.05, 4.69) is 5.32 Å². The van der Waals surface area contributed by atoms with E-state index in [1.54, 1.807) is 39.0 Å². The number of benzene rings is 1. The molecule has 1 atom stereocenters. The second kappa shape index (κ2) is 6.93. The van der Waals surface area contributed by atoms with Crippen molar-refractivity contribution in [2.45, 2.75) is 38.8 Å².